The molecule has 3 saturated carbocycles. The zero-order valence-corrected chi connectivity index (χ0v) is 22.3. The molecule has 7 nitrogen and oxygen atoms in total. The maximum absolute atomic E-state index is 13.3. The summed E-state index contributed by atoms with van der Waals surface area (Å²) in [4.78, 5) is 19.9. The highest BCUT2D eigenvalue weighted by molar-refractivity contribution is 8.00. The van der Waals surface area contributed by atoms with Crippen molar-refractivity contribution in [2.75, 3.05) is 23.3 Å². The third kappa shape index (κ3) is 4.55. The molecule has 1 saturated heterocycles. The van der Waals surface area contributed by atoms with Crippen LogP contribution in [0.5, 0.6) is 0 Å². The molecule has 2 N–H and O–H groups in total. The lowest BCUT2D eigenvalue weighted by Gasteiger charge is -2.35. The number of anilines is 2. The Morgan fingerprint density at radius 2 is 1.86 bits per heavy atom. The van der Waals surface area contributed by atoms with Crippen molar-refractivity contribution >= 4 is 50.1 Å². The van der Waals surface area contributed by atoms with E-state index in [9.17, 15) is 13.2 Å². The van der Waals surface area contributed by atoms with Crippen LogP contribution in [0.4, 0.5) is 11.5 Å². The van der Waals surface area contributed by atoms with Gasteiger partial charge in [0.2, 0.25) is 15.9 Å². The number of piperidine rings is 1. The van der Waals surface area contributed by atoms with Crippen molar-refractivity contribution in [1.82, 2.24) is 9.71 Å². The van der Waals surface area contributed by atoms with Crippen molar-refractivity contribution in [3.05, 3.63) is 24.3 Å². The molecule has 0 atom stereocenters. The van der Waals surface area contributed by atoms with E-state index in [2.05, 4.69) is 28.8 Å². The number of carbonyl (C=O) groups excluding carboxylic acids is 1. The summed E-state index contributed by atoms with van der Waals surface area (Å²) in [5.41, 5.74) is 1.01. The number of pyridine rings is 1. The monoisotopic (exact) mass is 514 g/mol. The number of nitrogens with one attached hydrogen (secondary N) is 2. The minimum absolute atomic E-state index is 0.0476. The van der Waals surface area contributed by atoms with Crippen molar-refractivity contribution in [3.8, 4) is 0 Å². The minimum Gasteiger partial charge on any atom is -0.371 e. The molecule has 1 aromatic carbocycles. The molecule has 2 heterocycles. The molecule has 0 unspecified atom stereocenters. The van der Waals surface area contributed by atoms with Crippen molar-refractivity contribution in [2.45, 2.75) is 80.2 Å². The number of hydrogen-bond donors (Lipinski definition) is 2. The van der Waals surface area contributed by atoms with Gasteiger partial charge < -0.3 is 10.2 Å². The van der Waals surface area contributed by atoms with Crippen LogP contribution in [-0.2, 0) is 14.8 Å². The molecule has 2 aromatic rings. The highest BCUT2D eigenvalue weighted by atomic mass is 32.2. The largest absolute Gasteiger partial charge is 0.371 e. The Labute approximate surface area is 211 Å². The zero-order valence-electron chi connectivity index (χ0n) is 20.6. The molecular formula is C26H34N4O3S2. The molecule has 1 aliphatic heterocycles. The third-order valence-corrected chi connectivity index (χ3v) is 11.1. The first-order valence-electron chi connectivity index (χ1n) is 12.8. The van der Waals surface area contributed by atoms with Crippen LogP contribution in [0.1, 0.15) is 59.3 Å². The average molecular weight is 515 g/mol. The lowest BCUT2D eigenvalue weighted by Crippen LogP contribution is -2.36. The first-order chi connectivity index (χ1) is 16.6. The van der Waals surface area contributed by atoms with Gasteiger partial charge in [0, 0.05) is 35.0 Å². The molecule has 6 rings (SSSR count). The van der Waals surface area contributed by atoms with Crippen LogP contribution in [0.2, 0.25) is 0 Å². The second kappa shape index (κ2) is 8.08. The van der Waals surface area contributed by atoms with Crippen LogP contribution in [0.25, 0.3) is 10.9 Å². The Morgan fingerprint density at radius 3 is 2.46 bits per heavy atom. The summed E-state index contributed by atoms with van der Waals surface area (Å²) < 4.78 is 29.5. The van der Waals surface area contributed by atoms with E-state index in [1.165, 1.54) is 0 Å². The van der Waals surface area contributed by atoms with Gasteiger partial charge in [0.15, 0.2) is 0 Å². The van der Waals surface area contributed by atoms with Crippen LogP contribution in [0.15, 0.2) is 29.2 Å². The summed E-state index contributed by atoms with van der Waals surface area (Å²) in [5, 5.41) is 5.14. The molecule has 1 amide bonds. The van der Waals surface area contributed by atoms with Gasteiger partial charge in [-0.1, -0.05) is 13.8 Å². The predicted octanol–water partition coefficient (Wildman–Crippen LogP) is 4.52. The summed E-state index contributed by atoms with van der Waals surface area (Å²) in [6.45, 7) is 8.19. The summed E-state index contributed by atoms with van der Waals surface area (Å²) in [6.07, 6.45) is 5.81. The van der Waals surface area contributed by atoms with Gasteiger partial charge in [-0.05, 0) is 80.9 Å². The Balaban J connectivity index is 1.33. The highest BCUT2D eigenvalue weighted by Crippen LogP contribution is 2.75. The van der Waals surface area contributed by atoms with E-state index in [0.29, 0.717) is 27.8 Å². The average Bonchev–Trinajstić information content (AvgIpc) is 3.70. The lowest BCUT2D eigenvalue weighted by molar-refractivity contribution is -0.119. The number of benzene rings is 1. The van der Waals surface area contributed by atoms with Gasteiger partial charge >= 0.3 is 0 Å². The van der Waals surface area contributed by atoms with Gasteiger partial charge in [-0.2, -0.15) is 11.8 Å². The predicted molar refractivity (Wildman–Crippen MR) is 141 cm³/mol. The minimum atomic E-state index is -3.69. The summed E-state index contributed by atoms with van der Waals surface area (Å²) in [7, 11) is -3.69. The second-order valence-corrected chi connectivity index (χ2v) is 15.0. The summed E-state index contributed by atoms with van der Waals surface area (Å²) in [5.74, 6) is 1.09. The molecule has 0 spiro atoms. The van der Waals surface area contributed by atoms with Gasteiger partial charge in [0.1, 0.15) is 5.82 Å². The fourth-order valence-electron chi connectivity index (χ4n) is 5.28. The van der Waals surface area contributed by atoms with Crippen LogP contribution in [0, 0.1) is 11.3 Å². The van der Waals surface area contributed by atoms with Crippen molar-refractivity contribution in [1.29, 1.82) is 0 Å². The number of amides is 1. The zero-order chi connectivity index (χ0) is 24.6. The molecule has 0 bridgehead atoms. The maximum atomic E-state index is 13.3. The molecule has 188 valence electrons. The molecule has 35 heavy (non-hydrogen) atoms. The van der Waals surface area contributed by atoms with Gasteiger partial charge in [-0.25, -0.2) is 18.1 Å². The van der Waals surface area contributed by atoms with Crippen molar-refractivity contribution in [3.63, 3.8) is 0 Å². The number of aromatic nitrogens is 1. The van der Waals surface area contributed by atoms with E-state index in [4.69, 9.17) is 4.98 Å². The number of carbonyl (C=O) groups is 1. The van der Waals surface area contributed by atoms with Gasteiger partial charge in [-0.3, -0.25) is 4.79 Å². The molecule has 4 fully saturated rings. The number of nitrogens with zero attached hydrogens (tertiary/aromatic N) is 2. The maximum Gasteiger partial charge on any atom is 0.241 e. The second-order valence-electron chi connectivity index (χ2n) is 11.5. The Morgan fingerprint density at radius 1 is 1.17 bits per heavy atom. The van der Waals surface area contributed by atoms with E-state index >= 15 is 0 Å². The van der Waals surface area contributed by atoms with Crippen molar-refractivity contribution < 1.29 is 13.2 Å². The SMILES string of the molecule is CC(C)SC1CCN(c2cc(S(=O)(=O)NC3(C)CC3)cc3nc(NC(=O)C45CC4C5)ccc23)CC1. The topological polar surface area (TPSA) is 91.4 Å². The quantitative estimate of drug-likeness (QED) is 0.538. The number of thioether (sulfide) groups is 1. The van der Waals surface area contributed by atoms with E-state index in [0.717, 1.165) is 62.7 Å². The van der Waals surface area contributed by atoms with E-state index in [1.807, 2.05) is 36.9 Å². The molecule has 1 aromatic heterocycles. The molecule has 9 heteroatoms. The van der Waals surface area contributed by atoms with Crippen molar-refractivity contribution in [2.24, 2.45) is 11.3 Å². The Hall–Kier alpha value is -1.84. The fraction of sp³-hybridized carbons (Fsp3) is 0.615. The van der Waals surface area contributed by atoms with E-state index in [-0.39, 0.29) is 21.8 Å². The third-order valence-electron chi connectivity index (χ3n) is 8.07. The molecule has 0 radical (unpaired) electrons. The molecule has 3 aliphatic carbocycles. The molecular weight excluding hydrogens is 480 g/mol. The smallest absolute Gasteiger partial charge is 0.241 e. The summed E-state index contributed by atoms with van der Waals surface area (Å²) >= 11 is 2.03. The van der Waals surface area contributed by atoms with Crippen LogP contribution in [0.3, 0.4) is 0 Å². The fourth-order valence-corrected chi connectivity index (χ4v) is 8.04. The lowest BCUT2D eigenvalue weighted by atomic mass is 10.1. The van der Waals surface area contributed by atoms with Gasteiger partial charge in [0.25, 0.3) is 0 Å². The number of rotatable bonds is 8. The normalized spacial score (nSPS) is 27.1. The standard InChI is InChI=1S/C26H34N4O3S2/c1-16(2)34-18-6-10-30(11-7-18)22-13-19(35(32,33)29-25(3)8-9-25)12-21-20(22)4-5-23(27-21)28-24(31)26-14-17(26)15-26/h4-5,12-13,16-18,29H,6-11,14-15H2,1-3H3,(H,27,28,31). The van der Waals surface area contributed by atoms with E-state index in [1.54, 1.807) is 6.07 Å². The number of hydrogen-bond acceptors (Lipinski definition) is 6. The highest BCUT2D eigenvalue weighted by Gasteiger charge is 2.74. The van der Waals surface area contributed by atoms with Crippen LogP contribution >= 0.6 is 11.8 Å². The van der Waals surface area contributed by atoms with Crippen LogP contribution < -0.4 is 14.9 Å². The number of sulfonamides is 1. The van der Waals surface area contributed by atoms with Gasteiger partial charge in [-0.15, -0.1) is 0 Å². The van der Waals surface area contributed by atoms with Gasteiger partial charge in [0.05, 0.1) is 15.8 Å². The molecule has 4 aliphatic rings. The Bertz CT molecular complexity index is 1290. The van der Waals surface area contributed by atoms with Crippen LogP contribution in [-0.4, -0.2) is 48.4 Å². The summed E-state index contributed by atoms with van der Waals surface area (Å²) in [6, 6.07) is 7.28. The first kappa shape index (κ1) is 23.6. The first-order valence-corrected chi connectivity index (χ1v) is 15.2. The van der Waals surface area contributed by atoms with E-state index < -0.39 is 10.0 Å². The Kier molecular flexibility index (Phi) is 5.44. The number of fused-ring (bicyclic) bond motifs is 2.